The number of amides is 1. The minimum atomic E-state index is -4.47. The monoisotopic (exact) mass is 287 g/mol. The number of carbonyl (C=O) groups excluding carboxylic acids is 1. The third-order valence-electron chi connectivity index (χ3n) is 3.53. The molecule has 0 aliphatic heterocycles. The molecule has 0 radical (unpaired) electrons. The highest BCUT2D eigenvalue weighted by atomic mass is 19.4. The molecule has 1 aromatic heterocycles. The van der Waals surface area contributed by atoms with Gasteiger partial charge in [-0.1, -0.05) is 6.07 Å². The Labute approximate surface area is 115 Å². The van der Waals surface area contributed by atoms with Crippen LogP contribution in [0.25, 0.3) is 0 Å². The molecule has 110 valence electrons. The van der Waals surface area contributed by atoms with Crippen molar-refractivity contribution in [2.75, 3.05) is 14.1 Å². The summed E-state index contributed by atoms with van der Waals surface area (Å²) < 4.78 is 37.5. The van der Waals surface area contributed by atoms with Crippen molar-refractivity contribution in [2.24, 2.45) is 0 Å². The van der Waals surface area contributed by atoms with Crippen LogP contribution in [0.4, 0.5) is 13.2 Å². The maximum Gasteiger partial charge on any atom is 0.433 e. The van der Waals surface area contributed by atoms with Gasteiger partial charge in [-0.2, -0.15) is 13.2 Å². The second-order valence-corrected chi connectivity index (χ2v) is 5.12. The first kappa shape index (κ1) is 14.8. The van der Waals surface area contributed by atoms with Gasteiger partial charge in [-0.05, 0) is 39.1 Å². The van der Waals surface area contributed by atoms with Crippen LogP contribution in [0.3, 0.4) is 0 Å². The van der Waals surface area contributed by atoms with Crippen molar-refractivity contribution in [3.63, 3.8) is 0 Å². The van der Waals surface area contributed by atoms with Crippen LogP contribution >= 0.6 is 0 Å². The minimum absolute atomic E-state index is 0.00164. The van der Waals surface area contributed by atoms with E-state index in [1.54, 1.807) is 0 Å². The minimum Gasteiger partial charge on any atom is -0.349 e. The maximum absolute atomic E-state index is 12.5. The summed E-state index contributed by atoms with van der Waals surface area (Å²) in [5.74, 6) is -0.165. The van der Waals surface area contributed by atoms with Gasteiger partial charge in [0, 0.05) is 0 Å². The summed E-state index contributed by atoms with van der Waals surface area (Å²) in [6, 6.07) is 3.66. The fourth-order valence-electron chi connectivity index (χ4n) is 2.07. The fourth-order valence-corrected chi connectivity index (χ4v) is 2.07. The predicted molar refractivity (Wildman–Crippen MR) is 66.7 cm³/mol. The summed E-state index contributed by atoms with van der Waals surface area (Å²) in [4.78, 5) is 17.4. The molecule has 1 aliphatic carbocycles. The molecule has 0 atom stereocenters. The highest BCUT2D eigenvalue weighted by Crippen LogP contribution is 2.40. The van der Waals surface area contributed by atoms with E-state index in [9.17, 15) is 18.0 Å². The SMILES string of the molecule is CN(C)C1(C(=O)NCc2cccc(C(F)(F)F)n2)CC1. The Balaban J connectivity index is 2.00. The van der Waals surface area contributed by atoms with Crippen molar-refractivity contribution >= 4 is 5.91 Å². The largest absolute Gasteiger partial charge is 0.433 e. The summed E-state index contributed by atoms with van der Waals surface area (Å²) in [5.41, 5.74) is -1.25. The Morgan fingerprint density at radius 1 is 1.40 bits per heavy atom. The molecule has 1 saturated carbocycles. The molecule has 1 fully saturated rings. The van der Waals surface area contributed by atoms with Gasteiger partial charge in [0.1, 0.15) is 5.69 Å². The number of carbonyl (C=O) groups is 1. The van der Waals surface area contributed by atoms with Gasteiger partial charge in [0.05, 0.1) is 17.8 Å². The molecule has 20 heavy (non-hydrogen) atoms. The number of pyridine rings is 1. The second kappa shape index (κ2) is 5.05. The van der Waals surface area contributed by atoms with Gasteiger partial charge in [0.25, 0.3) is 0 Å². The summed E-state index contributed by atoms with van der Waals surface area (Å²) >= 11 is 0. The highest BCUT2D eigenvalue weighted by Gasteiger charge is 2.51. The van der Waals surface area contributed by atoms with E-state index in [2.05, 4.69) is 10.3 Å². The highest BCUT2D eigenvalue weighted by molar-refractivity contribution is 5.89. The summed E-state index contributed by atoms with van der Waals surface area (Å²) in [7, 11) is 3.63. The van der Waals surface area contributed by atoms with Gasteiger partial charge in [-0.3, -0.25) is 9.69 Å². The first-order valence-corrected chi connectivity index (χ1v) is 6.24. The van der Waals surface area contributed by atoms with Gasteiger partial charge < -0.3 is 5.32 Å². The van der Waals surface area contributed by atoms with Crippen molar-refractivity contribution in [1.82, 2.24) is 15.2 Å². The van der Waals surface area contributed by atoms with Gasteiger partial charge in [0.2, 0.25) is 5.91 Å². The number of likely N-dealkylation sites (N-methyl/N-ethyl adjacent to an activating group) is 1. The van der Waals surface area contributed by atoms with Crippen LogP contribution in [0.1, 0.15) is 24.2 Å². The number of halogens is 3. The van der Waals surface area contributed by atoms with Crippen LogP contribution in [0, 0.1) is 0 Å². The van der Waals surface area contributed by atoms with Crippen molar-refractivity contribution in [1.29, 1.82) is 0 Å². The van der Waals surface area contributed by atoms with Crippen LogP contribution in [-0.4, -0.2) is 35.4 Å². The average molecular weight is 287 g/mol. The molecule has 0 unspecified atom stereocenters. The molecule has 0 spiro atoms. The number of rotatable bonds is 4. The molecule has 0 saturated heterocycles. The molecule has 7 heteroatoms. The average Bonchev–Trinajstić information content (AvgIpc) is 3.16. The number of aromatic nitrogens is 1. The third kappa shape index (κ3) is 2.92. The molecule has 4 nitrogen and oxygen atoms in total. The zero-order valence-corrected chi connectivity index (χ0v) is 11.3. The van der Waals surface area contributed by atoms with Crippen LogP contribution in [0.5, 0.6) is 0 Å². The number of nitrogens with zero attached hydrogens (tertiary/aromatic N) is 2. The van der Waals surface area contributed by atoms with Crippen molar-refractivity contribution in [3.05, 3.63) is 29.6 Å². The number of hydrogen-bond acceptors (Lipinski definition) is 3. The summed E-state index contributed by atoms with van der Waals surface area (Å²) in [5, 5.41) is 2.65. The van der Waals surface area contributed by atoms with Crippen LogP contribution < -0.4 is 5.32 Å². The van der Waals surface area contributed by atoms with E-state index >= 15 is 0 Å². The fraction of sp³-hybridized carbons (Fsp3) is 0.538. The lowest BCUT2D eigenvalue weighted by molar-refractivity contribution is -0.141. The van der Waals surface area contributed by atoms with E-state index in [1.165, 1.54) is 12.1 Å². The zero-order valence-electron chi connectivity index (χ0n) is 11.3. The zero-order chi connectivity index (χ0) is 15.0. The predicted octanol–water partition coefficient (Wildman–Crippen LogP) is 1.81. The van der Waals surface area contributed by atoms with Gasteiger partial charge in [-0.25, -0.2) is 4.98 Å². The van der Waals surface area contributed by atoms with Crippen LogP contribution in [-0.2, 0) is 17.5 Å². The lowest BCUT2D eigenvalue weighted by Crippen LogP contribution is -2.45. The lowest BCUT2D eigenvalue weighted by Gasteiger charge is -2.22. The molecule has 1 aliphatic rings. The van der Waals surface area contributed by atoms with E-state index in [4.69, 9.17) is 0 Å². The molecule has 1 aromatic rings. The Morgan fingerprint density at radius 3 is 2.55 bits per heavy atom. The topological polar surface area (TPSA) is 45.2 Å². The van der Waals surface area contributed by atoms with Gasteiger partial charge in [0.15, 0.2) is 0 Å². The molecule has 1 amide bonds. The number of hydrogen-bond donors (Lipinski definition) is 1. The van der Waals surface area contributed by atoms with E-state index in [-0.39, 0.29) is 18.1 Å². The molecule has 2 rings (SSSR count). The normalized spacial score (nSPS) is 17.1. The first-order valence-electron chi connectivity index (χ1n) is 6.24. The Bertz CT molecular complexity index is 510. The Morgan fingerprint density at radius 2 is 2.05 bits per heavy atom. The number of nitrogens with one attached hydrogen (secondary N) is 1. The molecule has 0 aromatic carbocycles. The second-order valence-electron chi connectivity index (χ2n) is 5.12. The Kier molecular flexibility index (Phi) is 3.73. The van der Waals surface area contributed by atoms with Gasteiger partial charge in [-0.15, -0.1) is 0 Å². The Hall–Kier alpha value is -1.63. The third-order valence-corrected chi connectivity index (χ3v) is 3.53. The first-order chi connectivity index (χ1) is 9.25. The van der Waals surface area contributed by atoms with Crippen LogP contribution in [0.15, 0.2) is 18.2 Å². The van der Waals surface area contributed by atoms with E-state index in [0.717, 1.165) is 18.9 Å². The quantitative estimate of drug-likeness (QED) is 0.918. The van der Waals surface area contributed by atoms with Crippen molar-refractivity contribution < 1.29 is 18.0 Å². The standard InChI is InChI=1S/C13H16F3N3O/c1-19(2)12(6-7-12)11(20)17-8-9-4-3-5-10(18-9)13(14,15)16/h3-5H,6-8H2,1-2H3,(H,17,20). The van der Waals surface area contributed by atoms with E-state index in [1.807, 2.05) is 19.0 Å². The molecule has 1 N–H and O–H groups in total. The smallest absolute Gasteiger partial charge is 0.349 e. The van der Waals surface area contributed by atoms with Crippen LogP contribution in [0.2, 0.25) is 0 Å². The van der Waals surface area contributed by atoms with E-state index in [0.29, 0.717) is 0 Å². The molecule has 0 bridgehead atoms. The maximum atomic E-state index is 12.5. The summed E-state index contributed by atoms with van der Waals surface area (Å²) in [6.07, 6.45) is -2.94. The molecular weight excluding hydrogens is 271 g/mol. The summed E-state index contributed by atoms with van der Waals surface area (Å²) in [6.45, 7) is -0.00164. The molecular formula is C13H16F3N3O. The van der Waals surface area contributed by atoms with Crippen molar-refractivity contribution in [2.45, 2.75) is 31.1 Å². The van der Waals surface area contributed by atoms with Crippen molar-refractivity contribution in [3.8, 4) is 0 Å². The number of alkyl halides is 3. The van der Waals surface area contributed by atoms with E-state index < -0.39 is 17.4 Å². The molecule has 1 heterocycles. The van der Waals surface area contributed by atoms with Gasteiger partial charge >= 0.3 is 6.18 Å². The lowest BCUT2D eigenvalue weighted by atomic mass is 10.2.